The summed E-state index contributed by atoms with van der Waals surface area (Å²) in [5, 5.41) is 3.14. The molecule has 2 nitrogen and oxygen atoms in total. The summed E-state index contributed by atoms with van der Waals surface area (Å²) in [6.45, 7) is 3.77. The molecule has 2 atom stereocenters. The van der Waals surface area contributed by atoms with E-state index >= 15 is 0 Å². The molecule has 2 fully saturated rings. The topological polar surface area (TPSA) is 15.3 Å². The zero-order valence-electron chi connectivity index (χ0n) is 8.30. The molecule has 0 amide bonds. The first-order valence-corrected chi connectivity index (χ1v) is 5.30. The van der Waals surface area contributed by atoms with E-state index in [1.165, 1.54) is 12.8 Å². The number of nitrogens with zero attached hydrogens (tertiary/aromatic N) is 1. The third kappa shape index (κ3) is 2.02. The molecule has 2 unspecified atom stereocenters. The number of hydrogen-bond donors (Lipinski definition) is 1. The van der Waals surface area contributed by atoms with Crippen LogP contribution in [0.15, 0.2) is 0 Å². The highest BCUT2D eigenvalue weighted by Gasteiger charge is 2.34. The summed E-state index contributed by atoms with van der Waals surface area (Å²) in [6.07, 6.45) is 1.78. The Morgan fingerprint density at radius 1 is 1.23 bits per heavy atom. The van der Waals surface area contributed by atoms with E-state index in [0.717, 1.165) is 19.6 Å². The van der Waals surface area contributed by atoms with Gasteiger partial charge in [0.05, 0.1) is 0 Å². The van der Waals surface area contributed by atoms with Crippen LogP contribution in [0.4, 0.5) is 4.39 Å². The zero-order chi connectivity index (χ0) is 9.26. The van der Waals surface area contributed by atoms with Crippen molar-refractivity contribution in [2.24, 2.45) is 11.8 Å². The maximum atomic E-state index is 13.4. The molecule has 76 valence electrons. The van der Waals surface area contributed by atoms with Gasteiger partial charge in [-0.2, -0.15) is 0 Å². The van der Waals surface area contributed by atoms with E-state index in [1.54, 1.807) is 0 Å². The zero-order valence-corrected chi connectivity index (χ0v) is 8.30. The second-order valence-corrected chi connectivity index (χ2v) is 4.48. The fraction of sp³-hybridized carbons (Fsp3) is 1.00. The number of nitrogens with one attached hydrogen (secondary N) is 1. The number of rotatable bonds is 1. The van der Waals surface area contributed by atoms with Crippen LogP contribution in [0, 0.1) is 11.8 Å². The van der Waals surface area contributed by atoms with Gasteiger partial charge in [-0.1, -0.05) is 0 Å². The monoisotopic (exact) mass is 186 g/mol. The van der Waals surface area contributed by atoms with E-state index in [4.69, 9.17) is 0 Å². The minimum Gasteiger partial charge on any atom is -0.313 e. The first kappa shape index (κ1) is 9.41. The number of halogens is 1. The van der Waals surface area contributed by atoms with Gasteiger partial charge in [0.1, 0.15) is 6.17 Å². The van der Waals surface area contributed by atoms with Gasteiger partial charge in [-0.25, -0.2) is 4.39 Å². The Balaban J connectivity index is 1.86. The van der Waals surface area contributed by atoms with Gasteiger partial charge < -0.3 is 10.2 Å². The van der Waals surface area contributed by atoms with Crippen molar-refractivity contribution < 1.29 is 4.39 Å². The molecule has 2 aliphatic rings. The van der Waals surface area contributed by atoms with E-state index in [2.05, 4.69) is 17.3 Å². The van der Waals surface area contributed by atoms with E-state index in [9.17, 15) is 4.39 Å². The number of alkyl halides is 1. The smallest absolute Gasteiger partial charge is 0.117 e. The molecule has 0 aromatic heterocycles. The number of likely N-dealkylation sites (tertiary alicyclic amines) is 1. The van der Waals surface area contributed by atoms with Crippen LogP contribution in [0.2, 0.25) is 0 Å². The van der Waals surface area contributed by atoms with Crippen LogP contribution in [-0.4, -0.2) is 44.3 Å². The van der Waals surface area contributed by atoms with Crippen LogP contribution in [0.3, 0.4) is 0 Å². The summed E-state index contributed by atoms with van der Waals surface area (Å²) < 4.78 is 13.4. The minimum atomic E-state index is -0.589. The SMILES string of the molecule is CN1CCC(C2CNCC2F)CC1. The average molecular weight is 186 g/mol. The van der Waals surface area contributed by atoms with E-state index in [1.807, 2.05) is 0 Å². The minimum absolute atomic E-state index is 0.300. The van der Waals surface area contributed by atoms with Gasteiger partial charge in [0, 0.05) is 19.0 Å². The van der Waals surface area contributed by atoms with Crippen molar-refractivity contribution in [2.45, 2.75) is 19.0 Å². The Labute approximate surface area is 79.5 Å². The summed E-state index contributed by atoms with van der Waals surface area (Å²) in [5.74, 6) is 0.926. The molecule has 0 saturated carbocycles. The summed E-state index contributed by atoms with van der Waals surface area (Å²) in [5.41, 5.74) is 0. The van der Waals surface area contributed by atoms with Crippen molar-refractivity contribution in [3.63, 3.8) is 0 Å². The van der Waals surface area contributed by atoms with Gasteiger partial charge in [-0.05, 0) is 38.9 Å². The largest absolute Gasteiger partial charge is 0.313 e. The predicted octanol–water partition coefficient (Wildman–Crippen LogP) is 0.886. The molecule has 0 aromatic carbocycles. The molecule has 13 heavy (non-hydrogen) atoms. The fourth-order valence-electron chi connectivity index (χ4n) is 2.59. The highest BCUT2D eigenvalue weighted by molar-refractivity contribution is 4.88. The van der Waals surface area contributed by atoms with Crippen molar-refractivity contribution in [3.05, 3.63) is 0 Å². The van der Waals surface area contributed by atoms with Gasteiger partial charge in [-0.15, -0.1) is 0 Å². The van der Waals surface area contributed by atoms with Gasteiger partial charge in [-0.3, -0.25) is 0 Å². The summed E-state index contributed by atoms with van der Waals surface area (Å²) in [6, 6.07) is 0. The normalized spacial score (nSPS) is 38.3. The van der Waals surface area contributed by atoms with Crippen molar-refractivity contribution in [2.75, 3.05) is 33.2 Å². The first-order chi connectivity index (χ1) is 6.27. The fourth-order valence-corrected chi connectivity index (χ4v) is 2.59. The van der Waals surface area contributed by atoms with E-state index in [0.29, 0.717) is 18.4 Å². The Bertz CT molecular complexity index is 166. The molecule has 3 heteroatoms. The van der Waals surface area contributed by atoms with Crippen molar-refractivity contribution >= 4 is 0 Å². The molecule has 2 heterocycles. The molecule has 0 bridgehead atoms. The third-order valence-corrected chi connectivity index (χ3v) is 3.55. The Kier molecular flexibility index (Phi) is 2.84. The maximum Gasteiger partial charge on any atom is 0.117 e. The molecule has 0 radical (unpaired) electrons. The van der Waals surface area contributed by atoms with Crippen molar-refractivity contribution in [1.82, 2.24) is 10.2 Å². The van der Waals surface area contributed by atoms with Gasteiger partial charge in [0.2, 0.25) is 0 Å². The Morgan fingerprint density at radius 3 is 2.46 bits per heavy atom. The van der Waals surface area contributed by atoms with Crippen molar-refractivity contribution in [1.29, 1.82) is 0 Å². The molecule has 2 rings (SSSR count). The maximum absolute atomic E-state index is 13.4. The van der Waals surface area contributed by atoms with Crippen molar-refractivity contribution in [3.8, 4) is 0 Å². The lowest BCUT2D eigenvalue weighted by molar-refractivity contribution is 0.136. The molecule has 0 spiro atoms. The van der Waals surface area contributed by atoms with Crippen LogP contribution in [0.25, 0.3) is 0 Å². The lowest BCUT2D eigenvalue weighted by Crippen LogP contribution is -2.36. The lowest BCUT2D eigenvalue weighted by Gasteiger charge is -2.33. The first-order valence-electron chi connectivity index (χ1n) is 5.30. The van der Waals surface area contributed by atoms with Gasteiger partial charge in [0.25, 0.3) is 0 Å². The summed E-state index contributed by atoms with van der Waals surface area (Å²) in [4.78, 5) is 2.34. The van der Waals surface area contributed by atoms with E-state index in [-0.39, 0.29) is 0 Å². The quantitative estimate of drug-likeness (QED) is 0.654. The highest BCUT2D eigenvalue weighted by Crippen LogP contribution is 2.30. The van der Waals surface area contributed by atoms with Gasteiger partial charge >= 0.3 is 0 Å². The average Bonchev–Trinajstić information content (AvgIpc) is 2.53. The van der Waals surface area contributed by atoms with Gasteiger partial charge in [0.15, 0.2) is 0 Å². The molecule has 0 aliphatic carbocycles. The summed E-state index contributed by atoms with van der Waals surface area (Å²) in [7, 11) is 2.15. The third-order valence-electron chi connectivity index (χ3n) is 3.55. The molecular formula is C10H19FN2. The lowest BCUT2D eigenvalue weighted by atomic mass is 9.83. The second-order valence-electron chi connectivity index (χ2n) is 4.48. The molecule has 2 aliphatic heterocycles. The van der Waals surface area contributed by atoms with E-state index < -0.39 is 6.17 Å². The molecule has 0 aromatic rings. The standard InChI is InChI=1S/C10H19FN2/c1-13-4-2-8(3-5-13)9-6-12-7-10(9)11/h8-10,12H,2-7H2,1H3. The molecular weight excluding hydrogens is 167 g/mol. The number of hydrogen-bond acceptors (Lipinski definition) is 2. The van der Waals surface area contributed by atoms with Crippen LogP contribution in [0.5, 0.6) is 0 Å². The second kappa shape index (κ2) is 3.93. The Morgan fingerprint density at radius 2 is 1.92 bits per heavy atom. The summed E-state index contributed by atoms with van der Waals surface area (Å²) >= 11 is 0. The van der Waals surface area contributed by atoms with Crippen LogP contribution in [-0.2, 0) is 0 Å². The van der Waals surface area contributed by atoms with Crippen LogP contribution in [0.1, 0.15) is 12.8 Å². The Hall–Kier alpha value is -0.150. The predicted molar refractivity (Wildman–Crippen MR) is 51.5 cm³/mol. The number of piperidine rings is 1. The molecule has 1 N–H and O–H groups in total. The highest BCUT2D eigenvalue weighted by atomic mass is 19.1. The van der Waals surface area contributed by atoms with Crippen LogP contribution >= 0.6 is 0 Å². The van der Waals surface area contributed by atoms with Crippen LogP contribution < -0.4 is 5.32 Å². The molecule has 2 saturated heterocycles.